The molecule has 1 aliphatic heterocycles. The van der Waals surface area contributed by atoms with Gasteiger partial charge >= 0.3 is 0 Å². The molecule has 32 heavy (non-hydrogen) atoms. The van der Waals surface area contributed by atoms with Crippen LogP contribution in [-0.2, 0) is 9.53 Å². The fourth-order valence-electron chi connectivity index (χ4n) is 3.77. The van der Waals surface area contributed by atoms with Gasteiger partial charge in [-0.15, -0.1) is 0 Å². The highest BCUT2D eigenvalue weighted by molar-refractivity contribution is 5.96. The zero-order chi connectivity index (χ0) is 21.9. The Kier molecular flexibility index (Phi) is 5.70. The largest absolute Gasteiger partial charge is 0.381 e. The summed E-state index contributed by atoms with van der Waals surface area (Å²) >= 11 is 0. The summed E-state index contributed by atoms with van der Waals surface area (Å²) < 4.78 is 5.40. The molecule has 2 N–H and O–H groups in total. The number of aromatic nitrogens is 3. The van der Waals surface area contributed by atoms with Gasteiger partial charge in [0, 0.05) is 54.0 Å². The third-order valence-corrected chi connectivity index (χ3v) is 5.85. The van der Waals surface area contributed by atoms with Crippen LogP contribution in [0.25, 0.3) is 10.8 Å². The average molecular weight is 428 g/mol. The lowest BCUT2D eigenvalue weighted by Crippen LogP contribution is -2.27. The van der Waals surface area contributed by atoms with Gasteiger partial charge < -0.3 is 15.4 Å². The Balaban J connectivity index is 1.36. The third-order valence-electron chi connectivity index (χ3n) is 5.85. The van der Waals surface area contributed by atoms with Gasteiger partial charge in [-0.05, 0) is 56.7 Å². The summed E-state index contributed by atoms with van der Waals surface area (Å²) in [6, 6.07) is 6.23. The molecule has 1 aliphatic carbocycles. The number of pyridine rings is 3. The molecule has 5 rings (SSSR count). The molecule has 2 aliphatic rings. The molecule has 1 saturated carbocycles. The molecule has 3 aromatic rings. The highest BCUT2D eigenvalue weighted by atomic mass is 16.5. The maximum atomic E-state index is 12.1. The highest BCUT2D eigenvalue weighted by Gasteiger charge is 2.29. The van der Waals surface area contributed by atoms with E-state index in [1.165, 1.54) is 0 Å². The van der Waals surface area contributed by atoms with E-state index in [1.807, 2.05) is 31.3 Å². The molecule has 2 fully saturated rings. The monoisotopic (exact) mass is 427 g/mol. The maximum Gasteiger partial charge on any atom is 0.228 e. The number of rotatable bonds is 4. The SMILES string of the molecule is Cc1ncc(C#Cc2ccc(NC3CCOCC3)cn2)c2cc(NC(=O)C3CC3)ncc12. The number of carbonyl (C=O) groups excluding carboxylic acids is 1. The molecular weight excluding hydrogens is 402 g/mol. The molecule has 1 amide bonds. The molecule has 7 nitrogen and oxygen atoms in total. The van der Waals surface area contributed by atoms with Crippen molar-refractivity contribution in [2.75, 3.05) is 23.8 Å². The summed E-state index contributed by atoms with van der Waals surface area (Å²) in [7, 11) is 0. The fourth-order valence-corrected chi connectivity index (χ4v) is 3.77. The second-order valence-electron chi connectivity index (χ2n) is 8.35. The van der Waals surface area contributed by atoms with E-state index in [2.05, 4.69) is 37.4 Å². The van der Waals surface area contributed by atoms with Crippen LogP contribution in [0.2, 0.25) is 0 Å². The van der Waals surface area contributed by atoms with Crippen molar-refractivity contribution >= 4 is 28.2 Å². The van der Waals surface area contributed by atoms with Crippen LogP contribution >= 0.6 is 0 Å². The molecular formula is C25H25N5O2. The first kappa shape index (κ1) is 20.4. The van der Waals surface area contributed by atoms with E-state index in [1.54, 1.807) is 12.4 Å². The summed E-state index contributed by atoms with van der Waals surface area (Å²) in [5.41, 5.74) is 3.33. The zero-order valence-electron chi connectivity index (χ0n) is 18.0. The first-order chi connectivity index (χ1) is 15.7. The van der Waals surface area contributed by atoms with E-state index < -0.39 is 0 Å². The molecule has 0 spiro atoms. The predicted octanol–water partition coefficient (Wildman–Crippen LogP) is 3.67. The van der Waals surface area contributed by atoms with Crippen LogP contribution in [-0.4, -0.2) is 40.1 Å². The van der Waals surface area contributed by atoms with Crippen LogP contribution in [0.1, 0.15) is 42.6 Å². The van der Waals surface area contributed by atoms with E-state index in [4.69, 9.17) is 4.74 Å². The number of amides is 1. The summed E-state index contributed by atoms with van der Waals surface area (Å²) in [4.78, 5) is 25.4. The second kappa shape index (κ2) is 8.93. The quantitative estimate of drug-likeness (QED) is 0.618. The molecule has 7 heteroatoms. The zero-order valence-corrected chi connectivity index (χ0v) is 18.0. The van der Waals surface area contributed by atoms with Crippen molar-refractivity contribution in [3.8, 4) is 11.8 Å². The topological polar surface area (TPSA) is 89.0 Å². The Labute approximate surface area is 187 Å². The normalized spacial score (nSPS) is 16.3. The number of carbonyl (C=O) groups is 1. The van der Waals surface area contributed by atoms with E-state index in [0.29, 0.717) is 17.6 Å². The minimum atomic E-state index is 0.0360. The van der Waals surface area contributed by atoms with Gasteiger partial charge in [-0.2, -0.15) is 0 Å². The van der Waals surface area contributed by atoms with Gasteiger partial charge in [-0.3, -0.25) is 9.78 Å². The highest BCUT2D eigenvalue weighted by Crippen LogP contribution is 2.30. The smallest absolute Gasteiger partial charge is 0.228 e. The lowest BCUT2D eigenvalue weighted by Gasteiger charge is -2.23. The van der Waals surface area contributed by atoms with Gasteiger partial charge in [0.1, 0.15) is 11.5 Å². The van der Waals surface area contributed by atoms with Crippen LogP contribution < -0.4 is 10.6 Å². The molecule has 4 heterocycles. The first-order valence-corrected chi connectivity index (χ1v) is 11.0. The minimum absolute atomic E-state index is 0.0360. The second-order valence-corrected chi connectivity index (χ2v) is 8.35. The molecule has 1 saturated heterocycles. The molecule has 0 radical (unpaired) electrons. The predicted molar refractivity (Wildman–Crippen MR) is 123 cm³/mol. The minimum Gasteiger partial charge on any atom is -0.381 e. The molecule has 0 atom stereocenters. The molecule has 0 aromatic carbocycles. The Morgan fingerprint density at radius 2 is 1.84 bits per heavy atom. The van der Waals surface area contributed by atoms with E-state index in [9.17, 15) is 4.79 Å². The number of hydrogen-bond donors (Lipinski definition) is 2. The molecule has 0 unspecified atom stereocenters. The van der Waals surface area contributed by atoms with Crippen molar-refractivity contribution in [1.29, 1.82) is 0 Å². The molecule has 3 aromatic heterocycles. The van der Waals surface area contributed by atoms with Crippen molar-refractivity contribution in [2.24, 2.45) is 5.92 Å². The lowest BCUT2D eigenvalue weighted by atomic mass is 10.1. The summed E-state index contributed by atoms with van der Waals surface area (Å²) in [5.74, 6) is 7.04. The van der Waals surface area contributed by atoms with Gasteiger partial charge in [0.2, 0.25) is 5.91 Å². The van der Waals surface area contributed by atoms with E-state index in [-0.39, 0.29) is 11.8 Å². The number of nitrogens with one attached hydrogen (secondary N) is 2. The van der Waals surface area contributed by atoms with E-state index >= 15 is 0 Å². The standard InChI is InChI=1S/C25H25N5O2/c1-16-23-15-28-24(30-25(31)17-2-3-17)12-22(23)18(13-26-16)4-5-19-6-7-21(14-27-19)29-20-8-10-32-11-9-20/h6-7,12-15,17,20,29H,2-3,8-11H2,1H3,(H,28,30,31). The van der Waals surface area contributed by atoms with Crippen molar-refractivity contribution in [3.63, 3.8) is 0 Å². The number of aryl methyl sites for hydroxylation is 1. The van der Waals surface area contributed by atoms with Gasteiger partial charge in [0.15, 0.2) is 0 Å². The van der Waals surface area contributed by atoms with Gasteiger partial charge in [-0.1, -0.05) is 5.92 Å². The van der Waals surface area contributed by atoms with Crippen molar-refractivity contribution < 1.29 is 9.53 Å². The van der Waals surface area contributed by atoms with Crippen LogP contribution in [0.15, 0.2) is 36.8 Å². The van der Waals surface area contributed by atoms with Crippen LogP contribution in [0, 0.1) is 24.7 Å². The maximum absolute atomic E-state index is 12.1. The number of anilines is 2. The Bertz CT molecular complexity index is 1200. The van der Waals surface area contributed by atoms with Crippen molar-refractivity contribution in [3.05, 3.63) is 53.7 Å². The first-order valence-electron chi connectivity index (χ1n) is 11.0. The Hall–Kier alpha value is -3.50. The van der Waals surface area contributed by atoms with Crippen molar-refractivity contribution in [2.45, 2.75) is 38.6 Å². The Morgan fingerprint density at radius 3 is 2.59 bits per heavy atom. The summed E-state index contributed by atoms with van der Waals surface area (Å²) in [5, 5.41) is 8.26. The van der Waals surface area contributed by atoms with Crippen molar-refractivity contribution in [1.82, 2.24) is 15.0 Å². The number of fused-ring (bicyclic) bond motifs is 1. The summed E-state index contributed by atoms with van der Waals surface area (Å²) in [6.45, 7) is 3.54. The number of nitrogens with zero attached hydrogens (tertiary/aromatic N) is 3. The Morgan fingerprint density at radius 1 is 1.00 bits per heavy atom. The van der Waals surface area contributed by atoms with Gasteiger partial charge in [0.05, 0.1) is 17.4 Å². The summed E-state index contributed by atoms with van der Waals surface area (Å²) in [6.07, 6.45) is 9.25. The number of ether oxygens (including phenoxy) is 1. The van der Waals surface area contributed by atoms with Crippen LogP contribution in [0.5, 0.6) is 0 Å². The van der Waals surface area contributed by atoms with Crippen LogP contribution in [0.4, 0.5) is 11.5 Å². The molecule has 162 valence electrons. The average Bonchev–Trinajstić information content (AvgIpc) is 3.66. The lowest BCUT2D eigenvalue weighted by molar-refractivity contribution is -0.117. The van der Waals surface area contributed by atoms with Crippen LogP contribution in [0.3, 0.4) is 0 Å². The third kappa shape index (κ3) is 4.71. The van der Waals surface area contributed by atoms with Gasteiger partial charge in [-0.25, -0.2) is 9.97 Å². The molecule has 0 bridgehead atoms. The van der Waals surface area contributed by atoms with E-state index in [0.717, 1.165) is 66.6 Å². The van der Waals surface area contributed by atoms with Gasteiger partial charge in [0.25, 0.3) is 0 Å². The fraction of sp³-hybridized carbons (Fsp3) is 0.360. The number of hydrogen-bond acceptors (Lipinski definition) is 6.